The van der Waals surface area contributed by atoms with E-state index >= 15 is 0 Å². The SMILES string of the molecule is Cc1nc(S[C@H](C)c2ccccc2)[nH]c(=O)c1CC(=O)NCc1ccc2c(c1)OCO2. The number of hydrogen-bond donors (Lipinski definition) is 2. The van der Waals surface area contributed by atoms with Crippen molar-refractivity contribution in [3.8, 4) is 11.5 Å². The van der Waals surface area contributed by atoms with Crippen LogP contribution in [0.25, 0.3) is 0 Å². The summed E-state index contributed by atoms with van der Waals surface area (Å²) in [5.74, 6) is 1.12. The molecule has 0 radical (unpaired) electrons. The van der Waals surface area contributed by atoms with Gasteiger partial charge in [-0.15, -0.1) is 0 Å². The maximum atomic E-state index is 12.6. The number of nitrogens with one attached hydrogen (secondary N) is 2. The molecular formula is C23H23N3O4S. The molecule has 2 heterocycles. The zero-order chi connectivity index (χ0) is 21.8. The van der Waals surface area contributed by atoms with E-state index in [2.05, 4.69) is 22.2 Å². The molecular weight excluding hydrogens is 414 g/mol. The molecule has 8 heteroatoms. The predicted octanol–water partition coefficient (Wildman–Crippen LogP) is 3.52. The number of benzene rings is 2. The van der Waals surface area contributed by atoms with Gasteiger partial charge in [0.1, 0.15) is 0 Å². The molecule has 4 rings (SSSR count). The Labute approximate surface area is 184 Å². The summed E-state index contributed by atoms with van der Waals surface area (Å²) in [6.07, 6.45) is -0.0299. The monoisotopic (exact) mass is 437 g/mol. The molecule has 0 saturated heterocycles. The number of aryl methyl sites for hydroxylation is 1. The molecule has 0 unspecified atom stereocenters. The fraction of sp³-hybridized carbons (Fsp3) is 0.261. The minimum Gasteiger partial charge on any atom is -0.454 e. The highest BCUT2D eigenvalue weighted by atomic mass is 32.2. The van der Waals surface area contributed by atoms with Crippen LogP contribution in [0.1, 0.15) is 34.6 Å². The minimum absolute atomic E-state index is 0.0299. The van der Waals surface area contributed by atoms with E-state index < -0.39 is 0 Å². The van der Waals surface area contributed by atoms with Gasteiger partial charge in [-0.2, -0.15) is 0 Å². The number of aromatic nitrogens is 2. The summed E-state index contributed by atoms with van der Waals surface area (Å²) in [4.78, 5) is 32.3. The summed E-state index contributed by atoms with van der Waals surface area (Å²) in [5.41, 5.74) is 2.70. The van der Waals surface area contributed by atoms with E-state index in [1.807, 2.05) is 48.5 Å². The second kappa shape index (κ2) is 9.26. The third kappa shape index (κ3) is 5.08. The van der Waals surface area contributed by atoms with Gasteiger partial charge < -0.3 is 19.8 Å². The Hall–Kier alpha value is -3.26. The Balaban J connectivity index is 1.38. The summed E-state index contributed by atoms with van der Waals surface area (Å²) in [6.45, 7) is 4.36. The van der Waals surface area contributed by atoms with Crippen molar-refractivity contribution in [1.29, 1.82) is 0 Å². The van der Waals surface area contributed by atoms with Crippen LogP contribution >= 0.6 is 11.8 Å². The summed E-state index contributed by atoms with van der Waals surface area (Å²) < 4.78 is 10.6. The number of thioether (sulfide) groups is 1. The van der Waals surface area contributed by atoms with Gasteiger partial charge in [0.15, 0.2) is 16.7 Å². The Bertz CT molecular complexity index is 1150. The predicted molar refractivity (Wildman–Crippen MR) is 118 cm³/mol. The number of aromatic amines is 1. The van der Waals surface area contributed by atoms with Crippen molar-refractivity contribution in [2.24, 2.45) is 0 Å². The second-order valence-corrected chi connectivity index (χ2v) is 8.58. The molecule has 2 aromatic carbocycles. The Morgan fingerprint density at radius 3 is 2.74 bits per heavy atom. The first kappa shape index (κ1) is 21.0. The number of ether oxygens (including phenoxy) is 2. The molecule has 0 fully saturated rings. The maximum Gasteiger partial charge on any atom is 0.255 e. The van der Waals surface area contributed by atoms with Gasteiger partial charge in [0.05, 0.1) is 6.42 Å². The van der Waals surface area contributed by atoms with Crippen molar-refractivity contribution in [2.45, 2.75) is 37.2 Å². The molecule has 1 atom stereocenters. The zero-order valence-electron chi connectivity index (χ0n) is 17.3. The van der Waals surface area contributed by atoms with Gasteiger partial charge in [0.25, 0.3) is 5.56 Å². The first-order valence-corrected chi connectivity index (χ1v) is 10.8. The van der Waals surface area contributed by atoms with Gasteiger partial charge in [0, 0.05) is 23.1 Å². The molecule has 7 nitrogen and oxygen atoms in total. The van der Waals surface area contributed by atoms with Crippen molar-refractivity contribution in [2.75, 3.05) is 6.79 Å². The third-order valence-corrected chi connectivity index (χ3v) is 6.06. The van der Waals surface area contributed by atoms with Gasteiger partial charge in [-0.25, -0.2) is 4.98 Å². The van der Waals surface area contributed by atoms with Gasteiger partial charge >= 0.3 is 0 Å². The van der Waals surface area contributed by atoms with Crippen LogP contribution in [0.5, 0.6) is 11.5 Å². The average Bonchev–Trinajstić information content (AvgIpc) is 3.23. The molecule has 31 heavy (non-hydrogen) atoms. The zero-order valence-corrected chi connectivity index (χ0v) is 18.1. The van der Waals surface area contributed by atoms with E-state index in [-0.39, 0.29) is 29.9 Å². The summed E-state index contributed by atoms with van der Waals surface area (Å²) in [5, 5.41) is 3.52. The largest absolute Gasteiger partial charge is 0.454 e. The second-order valence-electron chi connectivity index (χ2n) is 7.25. The fourth-order valence-electron chi connectivity index (χ4n) is 3.28. The van der Waals surface area contributed by atoms with Crippen LogP contribution in [-0.4, -0.2) is 22.7 Å². The lowest BCUT2D eigenvalue weighted by Crippen LogP contribution is -2.28. The lowest BCUT2D eigenvalue weighted by atomic mass is 10.1. The average molecular weight is 438 g/mol. The number of amides is 1. The van der Waals surface area contributed by atoms with Crippen LogP contribution < -0.4 is 20.3 Å². The van der Waals surface area contributed by atoms with Gasteiger partial charge in [-0.3, -0.25) is 9.59 Å². The molecule has 160 valence electrons. The highest BCUT2D eigenvalue weighted by molar-refractivity contribution is 7.99. The minimum atomic E-state index is -0.284. The topological polar surface area (TPSA) is 93.3 Å². The van der Waals surface area contributed by atoms with Crippen LogP contribution in [0, 0.1) is 6.92 Å². The molecule has 2 N–H and O–H groups in total. The summed E-state index contributed by atoms with van der Waals surface area (Å²) in [7, 11) is 0. The number of H-pyrrole nitrogens is 1. The fourth-order valence-corrected chi connectivity index (χ4v) is 4.25. The van der Waals surface area contributed by atoms with Crippen LogP contribution in [0.4, 0.5) is 0 Å². The van der Waals surface area contributed by atoms with Crippen LogP contribution in [0.15, 0.2) is 58.5 Å². The van der Waals surface area contributed by atoms with Crippen molar-refractivity contribution < 1.29 is 14.3 Å². The number of fused-ring (bicyclic) bond motifs is 1. The van der Waals surface area contributed by atoms with Crippen molar-refractivity contribution >= 4 is 17.7 Å². The third-order valence-electron chi connectivity index (χ3n) is 5.02. The van der Waals surface area contributed by atoms with E-state index in [0.717, 1.165) is 11.1 Å². The Morgan fingerprint density at radius 2 is 1.97 bits per heavy atom. The number of nitrogens with zero attached hydrogens (tertiary/aromatic N) is 1. The van der Waals surface area contributed by atoms with Gasteiger partial charge in [0.2, 0.25) is 12.7 Å². The standard InChI is InChI=1S/C23H23N3O4S/c1-14-18(11-21(27)24-12-16-8-9-19-20(10-16)30-13-29-19)22(28)26-23(25-14)31-15(2)17-6-4-3-5-7-17/h3-10,15H,11-13H2,1-2H3,(H,24,27)(H,25,26,28)/t15-/m1/s1. The highest BCUT2D eigenvalue weighted by Crippen LogP contribution is 2.33. The smallest absolute Gasteiger partial charge is 0.255 e. The van der Waals surface area contributed by atoms with Crippen molar-refractivity contribution in [1.82, 2.24) is 15.3 Å². The Morgan fingerprint density at radius 1 is 1.19 bits per heavy atom. The first-order valence-electron chi connectivity index (χ1n) is 9.96. The van der Waals surface area contributed by atoms with Crippen molar-refractivity contribution in [3.63, 3.8) is 0 Å². The van der Waals surface area contributed by atoms with Gasteiger partial charge in [-0.05, 0) is 37.1 Å². The number of rotatable bonds is 7. The normalized spacial score (nSPS) is 13.1. The van der Waals surface area contributed by atoms with Crippen molar-refractivity contribution in [3.05, 3.63) is 81.3 Å². The molecule has 0 aliphatic carbocycles. The van der Waals surface area contributed by atoms with E-state index in [0.29, 0.717) is 34.5 Å². The Kier molecular flexibility index (Phi) is 6.27. The molecule has 1 aliphatic heterocycles. The lowest BCUT2D eigenvalue weighted by molar-refractivity contribution is -0.120. The maximum absolute atomic E-state index is 12.6. The molecule has 0 spiro atoms. The highest BCUT2D eigenvalue weighted by Gasteiger charge is 2.16. The van der Waals surface area contributed by atoms with E-state index in [9.17, 15) is 9.59 Å². The van der Waals surface area contributed by atoms with Crippen LogP contribution in [0.2, 0.25) is 0 Å². The van der Waals surface area contributed by atoms with Gasteiger partial charge in [-0.1, -0.05) is 48.2 Å². The first-order chi connectivity index (χ1) is 15.0. The molecule has 0 bridgehead atoms. The molecule has 1 aliphatic rings. The summed E-state index contributed by atoms with van der Waals surface area (Å²) in [6, 6.07) is 15.5. The molecule has 1 aromatic heterocycles. The van der Waals surface area contributed by atoms with E-state index in [4.69, 9.17) is 9.47 Å². The molecule has 1 amide bonds. The lowest BCUT2D eigenvalue weighted by Gasteiger charge is -2.12. The number of carbonyl (C=O) groups excluding carboxylic acids is 1. The van der Waals surface area contributed by atoms with E-state index in [1.165, 1.54) is 11.8 Å². The van der Waals surface area contributed by atoms with Crippen LogP contribution in [-0.2, 0) is 17.8 Å². The van der Waals surface area contributed by atoms with E-state index in [1.54, 1.807) is 6.92 Å². The quantitative estimate of drug-likeness (QED) is 0.434. The number of hydrogen-bond acceptors (Lipinski definition) is 6. The number of carbonyl (C=O) groups is 1. The summed E-state index contributed by atoms with van der Waals surface area (Å²) >= 11 is 1.48. The molecule has 3 aromatic rings. The molecule has 0 saturated carbocycles. The van der Waals surface area contributed by atoms with Crippen LogP contribution in [0.3, 0.4) is 0 Å².